The lowest BCUT2D eigenvalue weighted by molar-refractivity contribution is -0.123. The molecule has 0 fully saturated rings. The Morgan fingerprint density at radius 3 is 2.08 bits per heavy atom. The molecule has 4 rings (SSSR count). The predicted molar refractivity (Wildman–Crippen MR) is 140 cm³/mol. The summed E-state index contributed by atoms with van der Waals surface area (Å²) >= 11 is 0. The Balaban J connectivity index is 1.42. The van der Waals surface area contributed by atoms with Crippen LogP contribution in [0.1, 0.15) is 28.4 Å². The number of carbonyl (C=O) groups is 2. The number of benzene rings is 3. The van der Waals surface area contributed by atoms with Crippen LogP contribution in [0.5, 0.6) is 5.75 Å². The summed E-state index contributed by atoms with van der Waals surface area (Å²) in [5, 5.41) is 5.49. The smallest absolute Gasteiger partial charge is 0.408 e. The van der Waals surface area contributed by atoms with Gasteiger partial charge in [0.2, 0.25) is 5.91 Å². The molecule has 4 aromatic rings. The van der Waals surface area contributed by atoms with E-state index in [1.807, 2.05) is 60.7 Å². The lowest BCUT2D eigenvalue weighted by atomic mass is 10.1. The molecule has 0 aliphatic rings. The Morgan fingerprint density at radius 1 is 0.811 bits per heavy atom. The van der Waals surface area contributed by atoms with Gasteiger partial charge in [0, 0.05) is 0 Å². The molecular formula is C29H28N4O4. The second-order valence-corrected chi connectivity index (χ2v) is 8.28. The molecule has 1 aromatic heterocycles. The molecule has 0 aliphatic carbocycles. The van der Waals surface area contributed by atoms with Gasteiger partial charge in [-0.1, -0.05) is 72.8 Å². The van der Waals surface area contributed by atoms with Crippen LogP contribution >= 0.6 is 0 Å². The normalized spacial score (nSPS) is 11.2. The zero-order valence-corrected chi connectivity index (χ0v) is 20.2. The minimum Gasteiger partial charge on any atom is -0.489 e. The van der Waals surface area contributed by atoms with E-state index >= 15 is 0 Å². The van der Waals surface area contributed by atoms with Crippen molar-refractivity contribution >= 4 is 17.7 Å². The summed E-state index contributed by atoms with van der Waals surface area (Å²) in [6.45, 7) is 0.681. The molecule has 8 heteroatoms. The second kappa shape index (κ2) is 12.7. The van der Waals surface area contributed by atoms with Crippen LogP contribution in [0, 0.1) is 0 Å². The molecule has 37 heavy (non-hydrogen) atoms. The van der Waals surface area contributed by atoms with Crippen molar-refractivity contribution in [2.45, 2.75) is 25.8 Å². The largest absolute Gasteiger partial charge is 0.489 e. The summed E-state index contributed by atoms with van der Waals surface area (Å²) < 4.78 is 11.2. The number of nitrogen functional groups attached to an aromatic ring is 1. The summed E-state index contributed by atoms with van der Waals surface area (Å²) in [4.78, 5) is 29.9. The first kappa shape index (κ1) is 25.2. The van der Waals surface area contributed by atoms with Gasteiger partial charge in [-0.2, -0.15) is 0 Å². The highest BCUT2D eigenvalue weighted by atomic mass is 16.5. The van der Waals surface area contributed by atoms with Gasteiger partial charge in [-0.05, 0) is 41.0 Å². The highest BCUT2D eigenvalue weighted by molar-refractivity contribution is 5.86. The molecule has 2 amide bonds. The van der Waals surface area contributed by atoms with E-state index in [9.17, 15) is 9.59 Å². The molecule has 0 aliphatic heterocycles. The van der Waals surface area contributed by atoms with E-state index < -0.39 is 18.0 Å². The summed E-state index contributed by atoms with van der Waals surface area (Å²) in [6.07, 6.45) is 0.811. The zero-order valence-electron chi connectivity index (χ0n) is 20.2. The van der Waals surface area contributed by atoms with Crippen LogP contribution in [0.15, 0.2) is 103 Å². The Bertz CT molecular complexity index is 1280. The lowest BCUT2D eigenvalue weighted by Gasteiger charge is -2.19. The fourth-order valence-corrected chi connectivity index (χ4v) is 3.50. The van der Waals surface area contributed by atoms with Crippen molar-refractivity contribution in [3.8, 4) is 5.75 Å². The van der Waals surface area contributed by atoms with Crippen LogP contribution in [0.2, 0.25) is 0 Å². The number of hydrogen-bond acceptors (Lipinski definition) is 6. The molecule has 0 bridgehead atoms. The van der Waals surface area contributed by atoms with E-state index in [1.54, 1.807) is 36.4 Å². The Hall–Kier alpha value is -4.85. The summed E-state index contributed by atoms with van der Waals surface area (Å²) in [7, 11) is 0. The van der Waals surface area contributed by atoms with E-state index in [4.69, 9.17) is 15.2 Å². The number of amides is 2. The van der Waals surface area contributed by atoms with E-state index in [2.05, 4.69) is 15.6 Å². The van der Waals surface area contributed by atoms with Crippen molar-refractivity contribution in [3.05, 3.63) is 126 Å². The number of nitrogens with zero attached hydrogens (tertiary/aromatic N) is 1. The third-order valence-corrected chi connectivity index (χ3v) is 5.49. The van der Waals surface area contributed by atoms with Crippen LogP contribution in [-0.2, 0) is 29.3 Å². The highest BCUT2D eigenvalue weighted by Gasteiger charge is 2.23. The van der Waals surface area contributed by atoms with Crippen LogP contribution in [0.3, 0.4) is 0 Å². The van der Waals surface area contributed by atoms with Gasteiger partial charge in [0.1, 0.15) is 25.0 Å². The number of pyridine rings is 1. The number of hydrogen-bond donors (Lipinski definition) is 3. The average Bonchev–Trinajstić information content (AvgIpc) is 2.95. The monoisotopic (exact) mass is 496 g/mol. The van der Waals surface area contributed by atoms with E-state index in [-0.39, 0.29) is 13.2 Å². The van der Waals surface area contributed by atoms with Gasteiger partial charge < -0.3 is 25.8 Å². The second-order valence-electron chi connectivity index (χ2n) is 8.28. The van der Waals surface area contributed by atoms with E-state index in [1.165, 1.54) is 6.20 Å². The topological polar surface area (TPSA) is 116 Å². The van der Waals surface area contributed by atoms with Gasteiger partial charge in [-0.15, -0.1) is 0 Å². The number of carbonyl (C=O) groups excluding carboxylic acids is 2. The third-order valence-electron chi connectivity index (χ3n) is 5.49. The van der Waals surface area contributed by atoms with Gasteiger partial charge >= 0.3 is 6.09 Å². The van der Waals surface area contributed by atoms with Crippen LogP contribution < -0.4 is 21.1 Å². The maximum atomic E-state index is 13.1. The first-order chi connectivity index (χ1) is 18.1. The van der Waals surface area contributed by atoms with Crippen LogP contribution in [0.25, 0.3) is 0 Å². The zero-order chi connectivity index (χ0) is 25.9. The lowest BCUT2D eigenvalue weighted by Crippen LogP contribution is -2.40. The number of nitrogens with two attached hydrogens (primary N) is 1. The fraction of sp³-hybridized carbons (Fsp3) is 0.138. The van der Waals surface area contributed by atoms with Gasteiger partial charge in [-0.3, -0.25) is 9.78 Å². The van der Waals surface area contributed by atoms with Gasteiger partial charge in [0.25, 0.3) is 0 Å². The van der Waals surface area contributed by atoms with E-state index in [0.29, 0.717) is 29.3 Å². The number of nitrogens with one attached hydrogen (secondary N) is 2. The molecule has 0 saturated carbocycles. The van der Waals surface area contributed by atoms with Crippen molar-refractivity contribution in [1.82, 2.24) is 15.6 Å². The van der Waals surface area contributed by atoms with Crippen LogP contribution in [-0.4, -0.2) is 17.0 Å². The molecule has 188 valence electrons. The molecule has 3 aromatic carbocycles. The molecule has 1 heterocycles. The first-order valence-electron chi connectivity index (χ1n) is 11.8. The quantitative estimate of drug-likeness (QED) is 0.297. The number of ether oxygens (including phenoxy) is 2. The van der Waals surface area contributed by atoms with Crippen molar-refractivity contribution < 1.29 is 19.1 Å². The van der Waals surface area contributed by atoms with Crippen LogP contribution in [0.4, 0.5) is 10.5 Å². The summed E-state index contributed by atoms with van der Waals surface area (Å²) in [5.74, 6) is 0.234. The highest BCUT2D eigenvalue weighted by Crippen LogP contribution is 2.20. The Morgan fingerprint density at radius 2 is 1.46 bits per heavy atom. The fourth-order valence-electron chi connectivity index (χ4n) is 3.50. The van der Waals surface area contributed by atoms with Gasteiger partial charge in [-0.25, -0.2) is 4.79 Å². The van der Waals surface area contributed by atoms with Crippen molar-refractivity contribution in [3.63, 3.8) is 0 Å². The molecule has 1 atom stereocenters. The molecule has 8 nitrogen and oxygen atoms in total. The maximum Gasteiger partial charge on any atom is 0.408 e. The summed E-state index contributed by atoms with van der Waals surface area (Å²) in [5.41, 5.74) is 9.31. The van der Waals surface area contributed by atoms with Crippen molar-refractivity contribution in [2.24, 2.45) is 0 Å². The Labute approximate surface area is 215 Å². The number of alkyl carbamates (subject to hydrolysis) is 1. The number of aromatic nitrogens is 1. The molecular weight excluding hydrogens is 468 g/mol. The maximum absolute atomic E-state index is 13.1. The number of anilines is 1. The predicted octanol–water partition coefficient (Wildman–Crippen LogP) is 4.53. The third kappa shape index (κ3) is 7.83. The average molecular weight is 497 g/mol. The minimum atomic E-state index is -0.986. The molecule has 0 spiro atoms. The summed E-state index contributed by atoms with van der Waals surface area (Å²) in [6, 6.07) is 28.6. The standard InChI is InChI=1S/C29H28N4O4/c30-24-13-14-25(31-17-24)18-32-28(34)27(33-29(35)37-20-22-9-5-2-6-10-22)23-11-15-26(16-12-23)36-19-21-7-3-1-4-8-21/h1-17,27H,18-20,30H2,(H,32,34)(H,33,35)/t27-/m0/s1. The van der Waals surface area contributed by atoms with Crippen molar-refractivity contribution in [2.75, 3.05) is 5.73 Å². The number of rotatable bonds is 10. The molecule has 0 radical (unpaired) electrons. The Kier molecular flexibility index (Phi) is 8.69. The molecule has 0 unspecified atom stereocenters. The molecule has 0 saturated heterocycles. The van der Waals surface area contributed by atoms with E-state index in [0.717, 1.165) is 11.1 Å². The van der Waals surface area contributed by atoms with Crippen molar-refractivity contribution in [1.29, 1.82) is 0 Å². The SMILES string of the molecule is Nc1ccc(CNC(=O)[C@@H](NC(=O)OCc2ccccc2)c2ccc(OCc3ccccc3)cc2)nc1. The first-order valence-corrected chi connectivity index (χ1v) is 11.8. The minimum absolute atomic E-state index is 0.0859. The van der Waals surface area contributed by atoms with Gasteiger partial charge in [0.05, 0.1) is 24.1 Å². The van der Waals surface area contributed by atoms with Gasteiger partial charge in [0.15, 0.2) is 0 Å². The molecule has 4 N–H and O–H groups in total.